The summed E-state index contributed by atoms with van der Waals surface area (Å²) in [6, 6.07) is 97.7. The maximum absolute atomic E-state index is 2.36. The average Bonchev–Trinajstić information content (AvgIpc) is 0.803. The Morgan fingerprint density at radius 1 is 0.229 bits per heavy atom. The van der Waals surface area contributed by atoms with Crippen LogP contribution in [0.15, 0.2) is 273 Å². The van der Waals surface area contributed by atoms with Gasteiger partial charge in [0.25, 0.3) is 0 Å². The third-order valence-electron chi connectivity index (χ3n) is 20.0. The molecule has 0 amide bonds. The van der Waals surface area contributed by atoms with E-state index in [4.69, 9.17) is 0 Å². The van der Waals surface area contributed by atoms with Gasteiger partial charge in [-0.05, 0) is 266 Å². The Labute approximate surface area is 666 Å². The molecule has 0 nitrogen and oxygen atoms in total. The van der Waals surface area contributed by atoms with Gasteiger partial charge in [-0.25, -0.2) is 0 Å². The van der Waals surface area contributed by atoms with Gasteiger partial charge in [-0.1, -0.05) is 405 Å². The van der Waals surface area contributed by atoms with Gasteiger partial charge in [0.2, 0.25) is 0 Å². The lowest BCUT2D eigenvalue weighted by atomic mass is 9.84. The summed E-state index contributed by atoms with van der Waals surface area (Å²) >= 11 is 0. The fraction of sp³-hybridized carbons (Fsp3) is 0.339. The maximum Gasteiger partial charge on any atom is -0.0132 e. The van der Waals surface area contributed by atoms with Gasteiger partial charge >= 0.3 is 0 Å². The minimum atomic E-state index is 0.267. The Hall–Kier alpha value is -9.36. The first-order valence-corrected chi connectivity index (χ1v) is 40.5. The molecule has 0 N–H and O–H groups in total. The predicted octanol–water partition coefficient (Wildman–Crippen LogP) is 32.1. The highest BCUT2D eigenvalue weighted by atomic mass is 14.2. The normalized spacial score (nSPS) is 10.8. The summed E-state index contributed by atoms with van der Waals surface area (Å²) in [6.07, 6.45) is 3.59. The highest BCUT2D eigenvalue weighted by Crippen LogP contribution is 2.34. The van der Waals surface area contributed by atoms with E-state index in [1.165, 1.54) is 169 Å². The SMILES string of the molecule is Cc1c(-c2ccccc2)cccc1C(C)C.Cc1c(C(C)C)cc(-c2ccccc2)cc1C(C)C.Cc1cc(C(C)(C)C)cc(C)c1C.Cc1ccc(-c2cccc(C)c2)cc1.Cc1ccc(-c2ccccc2C)cc1.Cc1ccc(CC(C)C)cc1.Cc1cccc(CC(C)C)c1.Cc1ccccc1CC(C)C. The zero-order valence-electron chi connectivity index (χ0n) is 72.6. The second kappa shape index (κ2) is 45.6. The molecule has 0 aliphatic rings. The number of hydrogen-bond acceptors (Lipinski definition) is 0. The smallest absolute Gasteiger partial charge is 0.0132 e. The zero-order chi connectivity index (χ0) is 80.5. The van der Waals surface area contributed by atoms with Crippen LogP contribution in [0.5, 0.6) is 0 Å². The van der Waals surface area contributed by atoms with Crippen molar-refractivity contribution < 1.29 is 0 Å². The van der Waals surface area contributed by atoms with Gasteiger partial charge in [-0.2, -0.15) is 0 Å². The van der Waals surface area contributed by atoms with E-state index in [9.17, 15) is 0 Å². The molecule has 109 heavy (non-hydrogen) atoms. The van der Waals surface area contributed by atoms with E-state index in [0.717, 1.165) is 17.8 Å². The Morgan fingerprint density at radius 2 is 0.615 bits per heavy atom. The van der Waals surface area contributed by atoms with Crippen molar-refractivity contribution >= 4 is 0 Å². The van der Waals surface area contributed by atoms with E-state index < -0.39 is 0 Å². The van der Waals surface area contributed by atoms with Crippen LogP contribution in [0.3, 0.4) is 0 Å². The Morgan fingerprint density at radius 3 is 1.07 bits per heavy atom. The summed E-state index contributed by atoms with van der Waals surface area (Å²) in [5, 5.41) is 0. The average molecular weight is 1450 g/mol. The first-order chi connectivity index (χ1) is 51.6. The Kier molecular flexibility index (Phi) is 37.7. The van der Waals surface area contributed by atoms with Gasteiger partial charge < -0.3 is 0 Å². The van der Waals surface area contributed by atoms with Gasteiger partial charge in [0.15, 0.2) is 0 Å². The molecule has 0 spiro atoms. The molecular weight excluding hydrogens is 1310 g/mol. The van der Waals surface area contributed by atoms with Crippen LogP contribution in [0.25, 0.3) is 44.5 Å². The molecule has 0 radical (unpaired) electrons. The van der Waals surface area contributed by atoms with E-state index >= 15 is 0 Å². The molecule has 12 aromatic carbocycles. The third kappa shape index (κ3) is 31.6. The minimum Gasteiger partial charge on any atom is -0.0625 e. The molecule has 0 heterocycles. The van der Waals surface area contributed by atoms with Gasteiger partial charge in [-0.3, -0.25) is 0 Å². The molecule has 0 heteroatoms. The summed E-state index contributed by atoms with van der Waals surface area (Å²) in [4.78, 5) is 0. The lowest BCUT2D eigenvalue weighted by molar-refractivity contribution is 0.589. The van der Waals surface area contributed by atoms with Crippen molar-refractivity contribution in [3.8, 4) is 44.5 Å². The molecule has 12 aromatic rings. The van der Waals surface area contributed by atoms with Crippen LogP contribution in [0.2, 0.25) is 0 Å². The summed E-state index contributed by atoms with van der Waals surface area (Å²) < 4.78 is 0. The molecule has 0 saturated carbocycles. The second-order valence-electron chi connectivity index (χ2n) is 33.6. The van der Waals surface area contributed by atoms with Gasteiger partial charge in [0.1, 0.15) is 0 Å². The van der Waals surface area contributed by atoms with Crippen LogP contribution in [0.1, 0.15) is 227 Å². The molecule has 0 saturated heterocycles. The third-order valence-corrected chi connectivity index (χ3v) is 20.0. The van der Waals surface area contributed by atoms with Crippen LogP contribution in [0.4, 0.5) is 0 Å². The van der Waals surface area contributed by atoms with Crippen molar-refractivity contribution in [3.05, 3.63) is 379 Å². The molecule has 0 unspecified atom stereocenters. The van der Waals surface area contributed by atoms with Crippen molar-refractivity contribution in [2.75, 3.05) is 0 Å². The number of aryl methyl sites for hydroxylation is 9. The molecule has 574 valence electrons. The van der Waals surface area contributed by atoms with E-state index in [-0.39, 0.29) is 5.41 Å². The quantitative estimate of drug-likeness (QED) is 0.108. The summed E-state index contributed by atoms with van der Waals surface area (Å²) in [5.41, 5.74) is 37.5. The van der Waals surface area contributed by atoms with Crippen LogP contribution < -0.4 is 0 Å². The predicted molar refractivity (Wildman–Crippen MR) is 487 cm³/mol. The van der Waals surface area contributed by atoms with Crippen LogP contribution in [0, 0.1) is 101 Å². The summed E-state index contributed by atoms with van der Waals surface area (Å²) in [5.74, 6) is 4.01. The van der Waals surface area contributed by atoms with Gasteiger partial charge in [-0.15, -0.1) is 0 Å². The van der Waals surface area contributed by atoms with Gasteiger partial charge in [0, 0.05) is 0 Å². The lowest BCUT2D eigenvalue weighted by Crippen LogP contribution is -2.12. The molecule has 12 rings (SSSR count). The fourth-order valence-corrected chi connectivity index (χ4v) is 13.4. The molecule has 0 atom stereocenters. The van der Waals surface area contributed by atoms with Crippen LogP contribution in [-0.2, 0) is 24.7 Å². The minimum absolute atomic E-state index is 0.267. The van der Waals surface area contributed by atoms with Crippen molar-refractivity contribution in [1.29, 1.82) is 0 Å². The van der Waals surface area contributed by atoms with Crippen LogP contribution >= 0.6 is 0 Å². The highest BCUT2D eigenvalue weighted by Gasteiger charge is 2.16. The highest BCUT2D eigenvalue weighted by molar-refractivity contribution is 5.70. The molecule has 0 aromatic heterocycles. The monoisotopic (exact) mass is 1450 g/mol. The van der Waals surface area contributed by atoms with E-state index in [2.05, 4.69) is 460 Å². The van der Waals surface area contributed by atoms with Crippen LogP contribution in [-0.4, -0.2) is 0 Å². The molecule has 0 aliphatic carbocycles. The molecular formula is C109H138. The second-order valence-corrected chi connectivity index (χ2v) is 33.6. The number of benzene rings is 12. The standard InChI is InChI=1S/C19H24.C16H18.2C14H14.C13H20.3C11H16/c1-13(2)18-11-17(16-9-7-6-8-10-16)12-19(14(3)4)15(18)5;1-12(2)15-10-7-11-16(13(15)3)14-8-5-4-6-9-14;1-11-6-8-13(9-7-11)14-5-3-4-12(2)10-14;1-11-7-9-13(10-8-11)14-6-4-3-5-12(14)2;1-9-7-12(13(4,5)6)8-10(2)11(9)3;1-9(2)8-11-6-4-10(3)5-7-11;1-9(2)7-11-6-4-5-10(3)8-11;1-9(2)8-11-7-5-4-6-10(11)3/h6-14H,1-5H3;4-12H,1-3H3;2*3-10H,1-2H3;7-8H,1-6H3;4-7,9H,8H2,1-3H3;4-6,8-9H,7H2,1-3H3;4-7,9H,8H2,1-3H3. The summed E-state index contributed by atoms with van der Waals surface area (Å²) in [7, 11) is 0. The summed E-state index contributed by atoms with van der Waals surface area (Å²) in [6.45, 7) is 59.9. The Bertz CT molecular complexity index is 4530. The van der Waals surface area contributed by atoms with Crippen molar-refractivity contribution in [3.63, 3.8) is 0 Å². The van der Waals surface area contributed by atoms with Crippen molar-refractivity contribution in [2.24, 2.45) is 17.8 Å². The Balaban J connectivity index is 0.000000225. The largest absolute Gasteiger partial charge is 0.0625 e. The van der Waals surface area contributed by atoms with E-state index in [0.29, 0.717) is 17.8 Å². The number of hydrogen-bond donors (Lipinski definition) is 0. The topological polar surface area (TPSA) is 0 Å². The number of rotatable bonds is 13. The maximum atomic E-state index is 2.36. The fourth-order valence-electron chi connectivity index (χ4n) is 13.4. The van der Waals surface area contributed by atoms with Crippen molar-refractivity contribution in [1.82, 2.24) is 0 Å². The first-order valence-electron chi connectivity index (χ1n) is 40.5. The lowest BCUT2D eigenvalue weighted by Gasteiger charge is -2.21. The molecule has 0 aliphatic heterocycles. The molecule has 0 fully saturated rings. The molecule has 0 bridgehead atoms. The van der Waals surface area contributed by atoms with Crippen molar-refractivity contribution in [2.45, 2.75) is 229 Å². The van der Waals surface area contributed by atoms with Gasteiger partial charge in [0.05, 0.1) is 0 Å². The van der Waals surface area contributed by atoms with E-state index in [1.807, 2.05) is 0 Å². The first kappa shape index (κ1) is 90.3. The van der Waals surface area contributed by atoms with E-state index in [1.54, 1.807) is 0 Å². The zero-order valence-corrected chi connectivity index (χ0v) is 72.6.